The fraction of sp³-hybridized carbons (Fsp3) is 0.600. The summed E-state index contributed by atoms with van der Waals surface area (Å²) >= 11 is 0. The number of hydrogen-bond donors (Lipinski definition) is 2. The molecule has 2 unspecified atom stereocenters. The molecule has 4 heteroatoms. The number of carbonyl (C=O) groups is 2. The predicted octanol–water partition coefficient (Wildman–Crippen LogP) is -0.733. The average Bonchev–Trinajstić information content (AvgIpc) is 1.64. The van der Waals surface area contributed by atoms with E-state index in [0.717, 1.165) is 0 Å². The van der Waals surface area contributed by atoms with Crippen molar-refractivity contribution >= 4 is 12.3 Å². The van der Waals surface area contributed by atoms with Gasteiger partial charge in [-0.1, -0.05) is 0 Å². The summed E-state index contributed by atoms with van der Waals surface area (Å²) in [7, 11) is 0. The van der Waals surface area contributed by atoms with Gasteiger partial charge in [-0.3, -0.25) is 4.79 Å². The summed E-state index contributed by atoms with van der Waals surface area (Å²) < 4.78 is 0. The molecule has 0 amide bonds. The predicted molar refractivity (Wildman–Crippen MR) is 28.9 cm³/mol. The molecule has 0 aromatic carbocycles. The Kier molecular flexibility index (Phi) is 2.87. The number of carboxylic acids is 1. The first kappa shape index (κ1) is 8.10. The van der Waals surface area contributed by atoms with Crippen LogP contribution in [0.3, 0.4) is 0 Å². The fourth-order valence-corrected chi connectivity index (χ4v) is 0.378. The second kappa shape index (κ2) is 3.19. The maximum atomic E-state index is 9.98. The Bertz CT molecular complexity index is 118. The molecule has 0 aliphatic rings. The minimum absolute atomic E-state index is 0.215. The van der Waals surface area contributed by atoms with Crippen molar-refractivity contribution < 1.29 is 19.8 Å². The van der Waals surface area contributed by atoms with Crippen LogP contribution >= 0.6 is 0 Å². The summed E-state index contributed by atoms with van der Waals surface area (Å²) in [5.41, 5.74) is 0. The Morgan fingerprint density at radius 3 is 2.11 bits per heavy atom. The molecule has 0 spiro atoms. The highest BCUT2D eigenvalue weighted by Crippen LogP contribution is 1.98. The van der Waals surface area contributed by atoms with Crippen molar-refractivity contribution in [2.75, 3.05) is 0 Å². The topological polar surface area (TPSA) is 74.6 Å². The highest BCUT2D eigenvalue weighted by Gasteiger charge is 2.21. The van der Waals surface area contributed by atoms with Crippen LogP contribution in [0.15, 0.2) is 0 Å². The van der Waals surface area contributed by atoms with E-state index in [1.165, 1.54) is 6.92 Å². The van der Waals surface area contributed by atoms with Crippen LogP contribution in [-0.4, -0.2) is 28.6 Å². The van der Waals surface area contributed by atoms with Gasteiger partial charge in [-0.2, -0.15) is 0 Å². The smallest absolute Gasteiger partial charge is 0.316 e. The Balaban J connectivity index is 3.98. The van der Waals surface area contributed by atoms with Gasteiger partial charge >= 0.3 is 5.97 Å². The largest absolute Gasteiger partial charge is 0.481 e. The van der Waals surface area contributed by atoms with Crippen molar-refractivity contribution in [1.29, 1.82) is 0 Å². The third-order valence-electron chi connectivity index (χ3n) is 0.951. The first-order valence-corrected chi connectivity index (χ1v) is 2.45. The van der Waals surface area contributed by atoms with Crippen LogP contribution in [0.5, 0.6) is 0 Å². The van der Waals surface area contributed by atoms with Gasteiger partial charge in [-0.15, -0.1) is 0 Å². The number of hydrogen-bond acceptors (Lipinski definition) is 3. The zero-order chi connectivity index (χ0) is 7.44. The quantitative estimate of drug-likeness (QED) is 0.392. The van der Waals surface area contributed by atoms with Crippen molar-refractivity contribution in [1.82, 2.24) is 0 Å². The van der Waals surface area contributed by atoms with Crippen molar-refractivity contribution in [2.24, 2.45) is 5.92 Å². The van der Waals surface area contributed by atoms with Crippen LogP contribution in [0.25, 0.3) is 0 Å². The van der Waals surface area contributed by atoms with E-state index < -0.39 is 18.0 Å². The van der Waals surface area contributed by atoms with Crippen LogP contribution in [0, 0.1) is 5.92 Å². The van der Waals surface area contributed by atoms with Gasteiger partial charge in [0.15, 0.2) is 0 Å². The molecule has 0 fully saturated rings. The van der Waals surface area contributed by atoms with Crippen LogP contribution in [0.1, 0.15) is 6.92 Å². The van der Waals surface area contributed by atoms with Gasteiger partial charge in [-0.05, 0) is 6.92 Å². The molecule has 52 valence electrons. The molecule has 0 radical (unpaired) electrons. The maximum absolute atomic E-state index is 9.98. The third-order valence-corrected chi connectivity index (χ3v) is 0.951. The molecular weight excluding hydrogens is 124 g/mol. The van der Waals surface area contributed by atoms with Crippen LogP contribution in [0.2, 0.25) is 0 Å². The van der Waals surface area contributed by atoms with Crippen molar-refractivity contribution in [2.45, 2.75) is 13.0 Å². The molecule has 2 N–H and O–H groups in total. The number of carboxylic acid groups (broad SMARTS) is 1. The van der Waals surface area contributed by atoms with E-state index in [9.17, 15) is 9.59 Å². The highest BCUT2D eigenvalue weighted by molar-refractivity contribution is 5.86. The number of carbonyl (C=O) groups excluding carboxylic acids is 1. The van der Waals surface area contributed by atoms with Gasteiger partial charge in [0.05, 0.1) is 6.10 Å². The Morgan fingerprint density at radius 2 is 2.11 bits per heavy atom. The van der Waals surface area contributed by atoms with E-state index in [1.54, 1.807) is 0 Å². The Morgan fingerprint density at radius 1 is 1.67 bits per heavy atom. The molecular formula is C5H8O4. The van der Waals surface area contributed by atoms with Gasteiger partial charge in [0, 0.05) is 0 Å². The molecule has 0 aromatic heterocycles. The fourth-order valence-electron chi connectivity index (χ4n) is 0.378. The standard InChI is InChI=1S/C5H8O4/c1-3(7)4(2-6)5(8)9/h2-4,7H,1H3,(H,8,9). The minimum atomic E-state index is -1.29. The molecule has 0 aromatic rings. The molecule has 0 bridgehead atoms. The lowest BCUT2D eigenvalue weighted by Gasteiger charge is -2.05. The van der Waals surface area contributed by atoms with Gasteiger partial charge in [-0.25, -0.2) is 0 Å². The molecule has 0 saturated heterocycles. The number of aldehydes is 1. The van der Waals surface area contributed by atoms with E-state index >= 15 is 0 Å². The summed E-state index contributed by atoms with van der Waals surface area (Å²) in [6, 6.07) is 0. The normalized spacial score (nSPS) is 16.2. The number of aliphatic hydroxyl groups is 1. The molecule has 4 nitrogen and oxygen atoms in total. The molecule has 0 saturated carbocycles. The van der Waals surface area contributed by atoms with E-state index in [4.69, 9.17) is 10.2 Å². The molecule has 0 aliphatic heterocycles. The zero-order valence-corrected chi connectivity index (χ0v) is 4.94. The second-order valence-corrected chi connectivity index (χ2v) is 1.74. The van der Waals surface area contributed by atoms with Gasteiger partial charge in [0.1, 0.15) is 12.2 Å². The van der Waals surface area contributed by atoms with E-state index in [1.807, 2.05) is 0 Å². The number of aliphatic hydroxyl groups excluding tert-OH is 1. The van der Waals surface area contributed by atoms with Crippen molar-refractivity contribution in [3.8, 4) is 0 Å². The molecule has 0 aliphatic carbocycles. The Hall–Kier alpha value is -0.900. The molecule has 2 atom stereocenters. The minimum Gasteiger partial charge on any atom is -0.481 e. The first-order valence-electron chi connectivity index (χ1n) is 2.45. The summed E-state index contributed by atoms with van der Waals surface area (Å²) in [6.45, 7) is 1.26. The van der Waals surface area contributed by atoms with Crippen LogP contribution < -0.4 is 0 Å². The van der Waals surface area contributed by atoms with Crippen LogP contribution in [-0.2, 0) is 9.59 Å². The lowest BCUT2D eigenvalue weighted by Crippen LogP contribution is -2.26. The number of aliphatic carboxylic acids is 1. The van der Waals surface area contributed by atoms with Gasteiger partial charge in [0.25, 0.3) is 0 Å². The lowest BCUT2D eigenvalue weighted by atomic mass is 10.1. The van der Waals surface area contributed by atoms with Gasteiger partial charge < -0.3 is 15.0 Å². The summed E-state index contributed by atoms with van der Waals surface area (Å²) in [4.78, 5) is 19.8. The maximum Gasteiger partial charge on any atom is 0.316 e. The SMILES string of the molecule is CC(O)C(C=O)C(=O)O. The van der Waals surface area contributed by atoms with E-state index in [-0.39, 0.29) is 6.29 Å². The monoisotopic (exact) mass is 132 g/mol. The van der Waals surface area contributed by atoms with Crippen molar-refractivity contribution in [3.05, 3.63) is 0 Å². The summed E-state index contributed by atoms with van der Waals surface area (Å²) in [5, 5.41) is 16.7. The van der Waals surface area contributed by atoms with E-state index in [0.29, 0.717) is 0 Å². The summed E-state index contributed by atoms with van der Waals surface area (Å²) in [5.74, 6) is -2.58. The van der Waals surface area contributed by atoms with Crippen LogP contribution in [0.4, 0.5) is 0 Å². The average molecular weight is 132 g/mol. The highest BCUT2D eigenvalue weighted by atomic mass is 16.4. The van der Waals surface area contributed by atoms with E-state index in [2.05, 4.69) is 0 Å². The van der Waals surface area contributed by atoms with Gasteiger partial charge in [0.2, 0.25) is 0 Å². The molecule has 9 heavy (non-hydrogen) atoms. The number of rotatable bonds is 3. The lowest BCUT2D eigenvalue weighted by molar-refractivity contribution is -0.147. The summed E-state index contributed by atoms with van der Waals surface area (Å²) in [6.07, 6.45) is -0.896. The Labute approximate surface area is 52.1 Å². The second-order valence-electron chi connectivity index (χ2n) is 1.74. The van der Waals surface area contributed by atoms with Crippen molar-refractivity contribution in [3.63, 3.8) is 0 Å². The first-order chi connectivity index (χ1) is 4.09. The molecule has 0 rings (SSSR count). The third kappa shape index (κ3) is 2.23. The zero-order valence-electron chi connectivity index (χ0n) is 4.94. The molecule has 0 heterocycles.